The van der Waals surface area contributed by atoms with Gasteiger partial charge in [0.15, 0.2) is 0 Å². The van der Waals surface area contributed by atoms with E-state index in [4.69, 9.17) is 0 Å². The summed E-state index contributed by atoms with van der Waals surface area (Å²) in [5.74, 6) is 0.0302. The summed E-state index contributed by atoms with van der Waals surface area (Å²) in [5, 5.41) is 2.78. The van der Waals surface area contributed by atoms with E-state index in [1.165, 1.54) is 0 Å². The molecule has 0 aromatic heterocycles. The van der Waals surface area contributed by atoms with Crippen LogP contribution in [0.15, 0.2) is 12.1 Å². The number of benzene rings is 1. The number of carbonyl (C=O) groups excluding carboxylic acids is 2. The Balaban J connectivity index is 2.44. The van der Waals surface area contributed by atoms with Gasteiger partial charge in [-0.1, -0.05) is 6.07 Å². The van der Waals surface area contributed by atoms with Crippen molar-refractivity contribution in [3.05, 3.63) is 28.8 Å². The maximum atomic E-state index is 11.1. The molecule has 0 atom stereocenters. The lowest BCUT2D eigenvalue weighted by Gasteiger charge is -2.05. The van der Waals surface area contributed by atoms with Crippen molar-refractivity contribution < 1.29 is 9.59 Å². The standard InChI is InChI=1S/C11H11NO2/c1-7-4-10-9(6-11(14)12-10)5-8(7)2-3-13/h3-5H,2,6H2,1H3,(H,12,14). The highest BCUT2D eigenvalue weighted by Crippen LogP contribution is 2.26. The highest BCUT2D eigenvalue weighted by atomic mass is 16.1. The Morgan fingerprint density at radius 3 is 3.00 bits per heavy atom. The number of amides is 1. The minimum absolute atomic E-state index is 0.0302. The summed E-state index contributed by atoms with van der Waals surface area (Å²) in [5.41, 5.74) is 3.95. The number of carbonyl (C=O) groups is 2. The molecule has 0 radical (unpaired) electrons. The smallest absolute Gasteiger partial charge is 0.228 e. The fourth-order valence-corrected chi connectivity index (χ4v) is 1.74. The molecule has 72 valence electrons. The minimum Gasteiger partial charge on any atom is -0.326 e. The summed E-state index contributed by atoms with van der Waals surface area (Å²) in [6.45, 7) is 1.95. The molecular weight excluding hydrogens is 178 g/mol. The second-order valence-corrected chi connectivity index (χ2v) is 3.53. The Kier molecular flexibility index (Phi) is 2.08. The number of hydrogen-bond donors (Lipinski definition) is 1. The molecule has 0 unspecified atom stereocenters. The molecule has 0 spiro atoms. The predicted molar refractivity (Wildman–Crippen MR) is 53.3 cm³/mol. The van der Waals surface area contributed by atoms with E-state index in [0.29, 0.717) is 12.8 Å². The summed E-state index contributed by atoms with van der Waals surface area (Å²) < 4.78 is 0. The van der Waals surface area contributed by atoms with Crippen LogP contribution in [-0.4, -0.2) is 12.2 Å². The lowest BCUT2D eigenvalue weighted by molar-refractivity contribution is -0.115. The van der Waals surface area contributed by atoms with Crippen LogP contribution in [0.25, 0.3) is 0 Å². The van der Waals surface area contributed by atoms with Crippen LogP contribution < -0.4 is 5.32 Å². The molecule has 0 saturated carbocycles. The molecule has 1 heterocycles. The third-order valence-corrected chi connectivity index (χ3v) is 2.49. The van der Waals surface area contributed by atoms with Crippen molar-refractivity contribution >= 4 is 17.9 Å². The molecule has 1 amide bonds. The van der Waals surface area contributed by atoms with Gasteiger partial charge in [-0.2, -0.15) is 0 Å². The van der Waals surface area contributed by atoms with Gasteiger partial charge in [-0.15, -0.1) is 0 Å². The quantitative estimate of drug-likeness (QED) is 0.711. The average molecular weight is 189 g/mol. The average Bonchev–Trinajstić information content (AvgIpc) is 2.45. The molecule has 1 aromatic carbocycles. The van der Waals surface area contributed by atoms with Gasteiger partial charge in [0, 0.05) is 12.1 Å². The normalized spacial score (nSPS) is 13.6. The summed E-state index contributed by atoms with van der Waals surface area (Å²) in [4.78, 5) is 21.5. The van der Waals surface area contributed by atoms with Crippen molar-refractivity contribution in [3.63, 3.8) is 0 Å². The van der Waals surface area contributed by atoms with Gasteiger partial charge in [-0.25, -0.2) is 0 Å². The number of aryl methyl sites for hydroxylation is 1. The van der Waals surface area contributed by atoms with E-state index < -0.39 is 0 Å². The van der Waals surface area contributed by atoms with Crippen molar-refractivity contribution in [2.75, 3.05) is 5.32 Å². The van der Waals surface area contributed by atoms with Crippen LogP contribution in [-0.2, 0) is 22.4 Å². The Labute approximate surface area is 82.1 Å². The topological polar surface area (TPSA) is 46.2 Å². The Morgan fingerprint density at radius 1 is 1.50 bits per heavy atom. The molecule has 1 aromatic rings. The van der Waals surface area contributed by atoms with E-state index in [9.17, 15) is 9.59 Å². The Hall–Kier alpha value is -1.64. The van der Waals surface area contributed by atoms with Crippen LogP contribution in [0.5, 0.6) is 0 Å². The van der Waals surface area contributed by atoms with Gasteiger partial charge in [0.1, 0.15) is 6.29 Å². The molecule has 1 aliphatic rings. The zero-order valence-corrected chi connectivity index (χ0v) is 7.96. The first-order valence-electron chi connectivity index (χ1n) is 4.56. The first kappa shape index (κ1) is 8.94. The number of aldehydes is 1. The van der Waals surface area contributed by atoms with E-state index in [1.54, 1.807) is 0 Å². The van der Waals surface area contributed by atoms with Gasteiger partial charge in [-0.05, 0) is 29.7 Å². The highest BCUT2D eigenvalue weighted by molar-refractivity contribution is 5.99. The zero-order valence-electron chi connectivity index (χ0n) is 7.96. The maximum Gasteiger partial charge on any atom is 0.228 e. The fraction of sp³-hybridized carbons (Fsp3) is 0.273. The van der Waals surface area contributed by atoms with E-state index in [0.717, 1.165) is 28.7 Å². The van der Waals surface area contributed by atoms with Crippen LogP contribution >= 0.6 is 0 Å². The van der Waals surface area contributed by atoms with Crippen LogP contribution in [0.3, 0.4) is 0 Å². The summed E-state index contributed by atoms with van der Waals surface area (Å²) in [7, 11) is 0. The number of fused-ring (bicyclic) bond motifs is 1. The predicted octanol–water partition coefficient (Wildman–Crippen LogP) is 1.23. The molecular formula is C11H11NO2. The fourth-order valence-electron chi connectivity index (χ4n) is 1.74. The number of nitrogens with one attached hydrogen (secondary N) is 1. The molecule has 0 bridgehead atoms. The van der Waals surface area contributed by atoms with Crippen LogP contribution in [0.2, 0.25) is 0 Å². The monoisotopic (exact) mass is 189 g/mol. The molecule has 0 fully saturated rings. The van der Waals surface area contributed by atoms with Gasteiger partial charge in [0.25, 0.3) is 0 Å². The Morgan fingerprint density at radius 2 is 2.29 bits per heavy atom. The molecule has 14 heavy (non-hydrogen) atoms. The Bertz CT molecular complexity index is 409. The third kappa shape index (κ3) is 1.41. The second kappa shape index (κ2) is 3.25. The first-order valence-corrected chi connectivity index (χ1v) is 4.56. The molecule has 1 N–H and O–H groups in total. The minimum atomic E-state index is 0.0302. The lowest BCUT2D eigenvalue weighted by atomic mass is 10.0. The van der Waals surface area contributed by atoms with E-state index >= 15 is 0 Å². The summed E-state index contributed by atoms with van der Waals surface area (Å²) >= 11 is 0. The largest absolute Gasteiger partial charge is 0.326 e. The van der Waals surface area contributed by atoms with Gasteiger partial charge < -0.3 is 10.1 Å². The second-order valence-electron chi connectivity index (χ2n) is 3.53. The number of anilines is 1. The number of hydrogen-bond acceptors (Lipinski definition) is 2. The van der Waals surface area contributed by atoms with Gasteiger partial charge in [0.2, 0.25) is 5.91 Å². The third-order valence-electron chi connectivity index (χ3n) is 2.49. The molecule has 1 aliphatic heterocycles. The van der Waals surface area contributed by atoms with Gasteiger partial charge >= 0.3 is 0 Å². The molecule has 0 aliphatic carbocycles. The molecule has 3 heteroatoms. The van der Waals surface area contributed by atoms with Crippen LogP contribution in [0, 0.1) is 6.92 Å². The summed E-state index contributed by atoms with van der Waals surface area (Å²) in [6, 6.07) is 3.87. The van der Waals surface area contributed by atoms with Crippen LogP contribution in [0.4, 0.5) is 5.69 Å². The van der Waals surface area contributed by atoms with Crippen molar-refractivity contribution in [3.8, 4) is 0 Å². The van der Waals surface area contributed by atoms with Gasteiger partial charge in [0.05, 0.1) is 6.42 Å². The van der Waals surface area contributed by atoms with Crippen molar-refractivity contribution in [1.29, 1.82) is 0 Å². The zero-order chi connectivity index (χ0) is 10.1. The van der Waals surface area contributed by atoms with Crippen LogP contribution in [0.1, 0.15) is 16.7 Å². The first-order chi connectivity index (χ1) is 6.70. The molecule has 2 rings (SSSR count). The van der Waals surface area contributed by atoms with Crippen molar-refractivity contribution in [2.45, 2.75) is 19.8 Å². The van der Waals surface area contributed by atoms with Crippen molar-refractivity contribution in [1.82, 2.24) is 0 Å². The van der Waals surface area contributed by atoms with E-state index in [2.05, 4.69) is 5.32 Å². The molecule has 3 nitrogen and oxygen atoms in total. The highest BCUT2D eigenvalue weighted by Gasteiger charge is 2.18. The molecule has 0 saturated heterocycles. The van der Waals surface area contributed by atoms with E-state index in [-0.39, 0.29) is 5.91 Å². The number of rotatable bonds is 2. The summed E-state index contributed by atoms with van der Waals surface area (Å²) in [6.07, 6.45) is 1.74. The lowest BCUT2D eigenvalue weighted by Crippen LogP contribution is -2.03. The maximum absolute atomic E-state index is 11.1. The SMILES string of the molecule is Cc1cc2c(cc1CC=O)CC(=O)N2. The van der Waals surface area contributed by atoms with E-state index in [1.807, 2.05) is 19.1 Å². The van der Waals surface area contributed by atoms with Crippen molar-refractivity contribution in [2.24, 2.45) is 0 Å². The van der Waals surface area contributed by atoms with Gasteiger partial charge in [-0.3, -0.25) is 4.79 Å².